The van der Waals surface area contributed by atoms with E-state index in [0.29, 0.717) is 6.54 Å². The van der Waals surface area contributed by atoms with Gasteiger partial charge in [0.05, 0.1) is 17.8 Å². The van der Waals surface area contributed by atoms with Crippen molar-refractivity contribution in [3.63, 3.8) is 0 Å². The van der Waals surface area contributed by atoms with Gasteiger partial charge in [0.25, 0.3) is 5.91 Å². The van der Waals surface area contributed by atoms with Crippen molar-refractivity contribution in [2.45, 2.75) is 60.8 Å². The standard InChI is InChI=1S/C24H28N2O3S/c27-23(25-18-9-3-1-2-4-10-18)17-29-24(28)15-16-26-19-11-5-7-13-21(19)30-22-14-8-6-12-20(22)26/h5-8,11-14,18H,1-4,9-10,15-17H2,(H,25,27). The van der Waals surface area contributed by atoms with Crippen molar-refractivity contribution in [2.24, 2.45) is 0 Å². The molecule has 0 spiro atoms. The Morgan fingerprint density at radius 1 is 0.933 bits per heavy atom. The number of benzene rings is 2. The summed E-state index contributed by atoms with van der Waals surface area (Å²) in [4.78, 5) is 29.0. The maximum atomic E-state index is 12.3. The number of ether oxygens (including phenoxy) is 1. The maximum Gasteiger partial charge on any atom is 0.308 e. The largest absolute Gasteiger partial charge is 0.456 e. The van der Waals surface area contributed by atoms with Gasteiger partial charge in [-0.1, -0.05) is 61.7 Å². The molecule has 0 aromatic heterocycles. The summed E-state index contributed by atoms with van der Waals surface area (Å²) in [5.41, 5.74) is 2.19. The number of amides is 1. The smallest absolute Gasteiger partial charge is 0.308 e. The summed E-state index contributed by atoms with van der Waals surface area (Å²) < 4.78 is 5.26. The van der Waals surface area contributed by atoms with Crippen LogP contribution in [0, 0.1) is 0 Å². The highest BCUT2D eigenvalue weighted by molar-refractivity contribution is 7.99. The number of carbonyl (C=O) groups excluding carboxylic acids is 2. The summed E-state index contributed by atoms with van der Waals surface area (Å²) >= 11 is 1.74. The van der Waals surface area contributed by atoms with Gasteiger partial charge in [-0.25, -0.2) is 0 Å². The number of rotatable bonds is 6. The van der Waals surface area contributed by atoms with Gasteiger partial charge in [0.15, 0.2) is 6.61 Å². The number of hydrogen-bond acceptors (Lipinski definition) is 5. The zero-order valence-electron chi connectivity index (χ0n) is 17.1. The van der Waals surface area contributed by atoms with Crippen LogP contribution in [0.25, 0.3) is 0 Å². The van der Waals surface area contributed by atoms with E-state index in [1.807, 2.05) is 24.3 Å². The lowest BCUT2D eigenvalue weighted by atomic mass is 10.1. The molecular weight excluding hydrogens is 396 g/mol. The van der Waals surface area contributed by atoms with Crippen molar-refractivity contribution in [3.05, 3.63) is 48.5 Å². The third-order valence-corrected chi connectivity index (χ3v) is 6.79. The van der Waals surface area contributed by atoms with Gasteiger partial charge in [-0.15, -0.1) is 0 Å². The molecule has 0 bridgehead atoms. The Hall–Kier alpha value is -2.47. The first-order valence-corrected chi connectivity index (χ1v) is 11.6. The van der Waals surface area contributed by atoms with Crippen LogP contribution in [-0.2, 0) is 14.3 Å². The molecule has 5 nitrogen and oxygen atoms in total. The van der Waals surface area contributed by atoms with Crippen molar-refractivity contribution in [2.75, 3.05) is 18.1 Å². The van der Waals surface area contributed by atoms with E-state index in [9.17, 15) is 9.59 Å². The molecule has 30 heavy (non-hydrogen) atoms. The first kappa shape index (κ1) is 20.8. The molecular formula is C24H28N2O3S. The van der Waals surface area contributed by atoms with Crippen LogP contribution in [0.1, 0.15) is 44.9 Å². The number of fused-ring (bicyclic) bond motifs is 2. The highest BCUT2D eigenvalue weighted by Gasteiger charge is 2.23. The Kier molecular flexibility index (Phi) is 6.95. The number of nitrogens with zero attached hydrogens (tertiary/aromatic N) is 1. The molecule has 2 aliphatic rings. The highest BCUT2D eigenvalue weighted by Crippen LogP contribution is 2.47. The van der Waals surface area contributed by atoms with Gasteiger partial charge in [-0.3, -0.25) is 9.59 Å². The third-order valence-electron chi connectivity index (χ3n) is 5.66. The number of anilines is 2. The first-order chi connectivity index (χ1) is 14.7. The molecule has 1 amide bonds. The van der Waals surface area contributed by atoms with Gasteiger partial charge in [0, 0.05) is 22.4 Å². The van der Waals surface area contributed by atoms with E-state index < -0.39 is 0 Å². The fourth-order valence-corrected chi connectivity index (χ4v) is 5.23. The second kappa shape index (κ2) is 10.0. The summed E-state index contributed by atoms with van der Waals surface area (Å²) in [6.07, 6.45) is 7.05. The van der Waals surface area contributed by atoms with Crippen molar-refractivity contribution in [1.82, 2.24) is 5.32 Å². The van der Waals surface area contributed by atoms with Crippen molar-refractivity contribution in [1.29, 1.82) is 0 Å². The normalized spacial score (nSPS) is 16.2. The van der Waals surface area contributed by atoms with E-state index >= 15 is 0 Å². The third kappa shape index (κ3) is 5.17. The monoisotopic (exact) mass is 424 g/mol. The molecule has 0 atom stereocenters. The Labute approximate surface area is 182 Å². The number of carbonyl (C=O) groups is 2. The van der Waals surface area contributed by atoms with E-state index in [1.165, 1.54) is 22.6 Å². The van der Waals surface area contributed by atoms with Crippen LogP contribution in [0.3, 0.4) is 0 Å². The fraction of sp³-hybridized carbons (Fsp3) is 0.417. The Bertz CT molecular complexity index is 848. The molecule has 6 heteroatoms. The minimum atomic E-state index is -0.348. The summed E-state index contributed by atoms with van der Waals surface area (Å²) in [6.45, 7) is 0.315. The van der Waals surface area contributed by atoms with Gasteiger partial charge in [0.2, 0.25) is 0 Å². The SMILES string of the molecule is O=C(COC(=O)CCN1c2ccccc2Sc2ccccc21)NC1CCCCCC1. The van der Waals surface area contributed by atoms with Crippen LogP contribution >= 0.6 is 11.8 Å². The zero-order chi connectivity index (χ0) is 20.8. The Morgan fingerprint density at radius 3 is 2.17 bits per heavy atom. The molecule has 1 fully saturated rings. The van der Waals surface area contributed by atoms with Crippen molar-refractivity contribution < 1.29 is 14.3 Å². The lowest BCUT2D eigenvalue weighted by Gasteiger charge is -2.32. The number of esters is 1. The van der Waals surface area contributed by atoms with Crippen LogP contribution in [0.4, 0.5) is 11.4 Å². The minimum Gasteiger partial charge on any atom is -0.456 e. The predicted molar refractivity (Wildman–Crippen MR) is 119 cm³/mol. The maximum absolute atomic E-state index is 12.3. The van der Waals surface area contributed by atoms with Crippen LogP contribution < -0.4 is 10.2 Å². The number of hydrogen-bond donors (Lipinski definition) is 1. The van der Waals surface area contributed by atoms with E-state index in [1.54, 1.807) is 11.8 Å². The summed E-state index contributed by atoms with van der Waals surface area (Å²) in [7, 11) is 0. The van der Waals surface area contributed by atoms with Crippen molar-refractivity contribution >= 4 is 35.0 Å². The van der Waals surface area contributed by atoms with Gasteiger partial charge < -0.3 is 15.0 Å². The molecule has 0 radical (unpaired) electrons. The van der Waals surface area contributed by atoms with E-state index in [2.05, 4.69) is 34.5 Å². The molecule has 1 N–H and O–H groups in total. The topological polar surface area (TPSA) is 58.6 Å². The zero-order valence-corrected chi connectivity index (χ0v) is 18.0. The molecule has 158 valence electrons. The summed E-state index contributed by atoms with van der Waals surface area (Å²) in [6, 6.07) is 16.6. The predicted octanol–water partition coefficient (Wildman–Crippen LogP) is 5.06. The van der Waals surface area contributed by atoms with Crippen LogP contribution in [0.15, 0.2) is 58.3 Å². The highest BCUT2D eigenvalue weighted by atomic mass is 32.2. The Balaban J connectivity index is 1.30. The average molecular weight is 425 g/mol. The minimum absolute atomic E-state index is 0.194. The van der Waals surface area contributed by atoms with Crippen LogP contribution in [-0.4, -0.2) is 31.1 Å². The summed E-state index contributed by atoms with van der Waals surface area (Å²) in [5.74, 6) is -0.542. The van der Waals surface area contributed by atoms with E-state index in [-0.39, 0.29) is 30.9 Å². The molecule has 1 saturated carbocycles. The lowest BCUT2D eigenvalue weighted by molar-refractivity contribution is -0.148. The first-order valence-electron chi connectivity index (χ1n) is 10.8. The number of para-hydroxylation sites is 2. The molecule has 4 rings (SSSR count). The molecule has 1 heterocycles. The molecule has 0 unspecified atom stereocenters. The fourth-order valence-electron chi connectivity index (χ4n) is 4.14. The van der Waals surface area contributed by atoms with Gasteiger partial charge >= 0.3 is 5.97 Å². The molecule has 2 aromatic rings. The second-order valence-electron chi connectivity index (χ2n) is 7.86. The van der Waals surface area contributed by atoms with Gasteiger partial charge in [-0.2, -0.15) is 0 Å². The summed E-state index contributed by atoms with van der Waals surface area (Å²) in [5, 5.41) is 3.02. The van der Waals surface area contributed by atoms with Gasteiger partial charge in [-0.05, 0) is 37.1 Å². The van der Waals surface area contributed by atoms with Gasteiger partial charge in [0.1, 0.15) is 0 Å². The lowest BCUT2D eigenvalue weighted by Crippen LogP contribution is -2.37. The Morgan fingerprint density at radius 2 is 1.53 bits per heavy atom. The van der Waals surface area contributed by atoms with Crippen LogP contribution in [0.2, 0.25) is 0 Å². The van der Waals surface area contributed by atoms with Crippen LogP contribution in [0.5, 0.6) is 0 Å². The van der Waals surface area contributed by atoms with Crippen molar-refractivity contribution in [3.8, 4) is 0 Å². The average Bonchev–Trinajstić information content (AvgIpc) is 3.04. The molecule has 1 aliphatic heterocycles. The molecule has 0 saturated heterocycles. The van der Waals surface area contributed by atoms with E-state index in [0.717, 1.165) is 37.1 Å². The molecule has 1 aliphatic carbocycles. The quantitative estimate of drug-likeness (QED) is 0.519. The van der Waals surface area contributed by atoms with E-state index in [4.69, 9.17) is 4.74 Å². The second-order valence-corrected chi connectivity index (χ2v) is 8.94. The molecule has 2 aromatic carbocycles. The number of nitrogens with one attached hydrogen (secondary N) is 1.